The van der Waals surface area contributed by atoms with Gasteiger partial charge in [0.25, 0.3) is 0 Å². The number of carbonyl (C=O) groups is 1. The molecule has 0 saturated carbocycles. The van der Waals surface area contributed by atoms with Crippen molar-refractivity contribution in [3.8, 4) is 11.4 Å². The predicted molar refractivity (Wildman–Crippen MR) is 110 cm³/mol. The number of alkyl halides is 3. The molecule has 0 aliphatic carbocycles. The Balaban J connectivity index is 1.83. The molecule has 0 aliphatic rings. The molecule has 164 valence electrons. The maximum Gasteiger partial charge on any atom is 0.418 e. The summed E-state index contributed by atoms with van der Waals surface area (Å²) in [4.78, 5) is 12.9. The van der Waals surface area contributed by atoms with Crippen molar-refractivity contribution in [2.45, 2.75) is 30.4 Å². The van der Waals surface area contributed by atoms with Gasteiger partial charge in [-0.3, -0.25) is 4.79 Å². The summed E-state index contributed by atoms with van der Waals surface area (Å²) in [6, 6.07) is 11.9. The van der Waals surface area contributed by atoms with Crippen molar-refractivity contribution in [1.29, 1.82) is 0 Å². The summed E-state index contributed by atoms with van der Waals surface area (Å²) in [5.74, 6) is -0.112. The van der Waals surface area contributed by atoms with Gasteiger partial charge in [0.2, 0.25) is 11.1 Å². The quantitative estimate of drug-likeness (QED) is 0.535. The second-order valence-corrected chi connectivity index (χ2v) is 8.00. The number of rotatable bonds is 7. The standard InChI is InChI=1S/C20H20F3N5O2S/c1-12(2)17(18(29)24-16-7-5-4-6-15(16)20(21,22)23)31-19-25-26-27-28(19)13-8-10-14(30-3)11-9-13/h4-12,17H,1-3H3,(H,24,29). The van der Waals surface area contributed by atoms with Crippen LogP contribution in [0.5, 0.6) is 5.75 Å². The molecular weight excluding hydrogens is 431 g/mol. The number of anilines is 1. The van der Waals surface area contributed by atoms with E-state index in [0.717, 1.165) is 17.8 Å². The van der Waals surface area contributed by atoms with Gasteiger partial charge in [0.1, 0.15) is 5.75 Å². The molecule has 3 rings (SSSR count). The van der Waals surface area contributed by atoms with E-state index in [-0.39, 0.29) is 11.6 Å². The lowest BCUT2D eigenvalue weighted by atomic mass is 10.1. The van der Waals surface area contributed by atoms with Crippen molar-refractivity contribution in [3.63, 3.8) is 0 Å². The maximum absolute atomic E-state index is 13.3. The van der Waals surface area contributed by atoms with E-state index in [1.54, 1.807) is 45.2 Å². The van der Waals surface area contributed by atoms with E-state index in [1.807, 2.05) is 0 Å². The summed E-state index contributed by atoms with van der Waals surface area (Å²) in [7, 11) is 1.55. The molecule has 1 amide bonds. The van der Waals surface area contributed by atoms with Crippen molar-refractivity contribution in [3.05, 3.63) is 54.1 Å². The molecule has 2 aromatic carbocycles. The summed E-state index contributed by atoms with van der Waals surface area (Å²) < 4.78 is 46.4. The average molecular weight is 451 g/mol. The van der Waals surface area contributed by atoms with Gasteiger partial charge in [-0.05, 0) is 52.7 Å². The molecule has 1 N–H and O–H groups in total. The molecule has 1 heterocycles. The number of aromatic nitrogens is 4. The van der Waals surface area contributed by atoms with Crippen molar-refractivity contribution in [1.82, 2.24) is 20.2 Å². The van der Waals surface area contributed by atoms with E-state index in [9.17, 15) is 18.0 Å². The Kier molecular flexibility index (Phi) is 6.84. The second-order valence-electron chi connectivity index (χ2n) is 6.89. The second kappa shape index (κ2) is 9.38. The molecule has 1 aromatic heterocycles. The minimum atomic E-state index is -4.58. The number of nitrogens with zero attached hydrogens (tertiary/aromatic N) is 4. The Labute approximate surface area is 181 Å². The highest BCUT2D eigenvalue weighted by atomic mass is 32.2. The Morgan fingerprint density at radius 2 is 1.81 bits per heavy atom. The number of tetrazole rings is 1. The molecule has 0 bridgehead atoms. The van der Waals surface area contributed by atoms with Crippen LogP contribution < -0.4 is 10.1 Å². The number of hydrogen-bond acceptors (Lipinski definition) is 6. The summed E-state index contributed by atoms with van der Waals surface area (Å²) in [5, 5.41) is 13.6. The molecule has 0 fully saturated rings. The van der Waals surface area contributed by atoms with Crippen LogP contribution in [0.3, 0.4) is 0 Å². The first-order valence-electron chi connectivity index (χ1n) is 9.27. The van der Waals surface area contributed by atoms with Crippen LogP contribution in [0.25, 0.3) is 5.69 Å². The Hall–Kier alpha value is -3.08. The molecule has 1 unspecified atom stereocenters. The van der Waals surface area contributed by atoms with Gasteiger partial charge in [-0.15, -0.1) is 5.10 Å². The number of halogens is 3. The van der Waals surface area contributed by atoms with Gasteiger partial charge in [-0.25, -0.2) is 0 Å². The zero-order chi connectivity index (χ0) is 22.6. The van der Waals surface area contributed by atoms with Crippen molar-refractivity contribution in [2.24, 2.45) is 5.92 Å². The largest absolute Gasteiger partial charge is 0.497 e. The SMILES string of the molecule is COc1ccc(-n2nnnc2SC(C(=O)Nc2ccccc2C(F)(F)F)C(C)C)cc1. The minimum Gasteiger partial charge on any atom is -0.497 e. The van der Waals surface area contributed by atoms with E-state index in [1.165, 1.54) is 22.9 Å². The van der Waals surface area contributed by atoms with Gasteiger partial charge in [-0.1, -0.05) is 37.7 Å². The lowest BCUT2D eigenvalue weighted by molar-refractivity contribution is -0.137. The molecule has 7 nitrogen and oxygen atoms in total. The first-order valence-corrected chi connectivity index (χ1v) is 10.1. The van der Waals surface area contributed by atoms with Crippen molar-refractivity contribution < 1.29 is 22.7 Å². The molecule has 0 spiro atoms. The smallest absolute Gasteiger partial charge is 0.418 e. The monoisotopic (exact) mass is 451 g/mol. The molecule has 3 aromatic rings. The number of carbonyl (C=O) groups excluding carboxylic acids is 1. The summed E-state index contributed by atoms with van der Waals surface area (Å²) >= 11 is 1.08. The molecule has 11 heteroatoms. The summed E-state index contributed by atoms with van der Waals surface area (Å²) in [6.07, 6.45) is -4.58. The van der Waals surface area contributed by atoms with Gasteiger partial charge in [0.15, 0.2) is 0 Å². The topological polar surface area (TPSA) is 81.9 Å². The molecule has 0 aliphatic heterocycles. The first kappa shape index (κ1) is 22.6. The zero-order valence-electron chi connectivity index (χ0n) is 16.9. The summed E-state index contributed by atoms with van der Waals surface area (Å²) in [6.45, 7) is 3.60. The Morgan fingerprint density at radius 1 is 1.13 bits per heavy atom. The lowest BCUT2D eigenvalue weighted by Gasteiger charge is -2.21. The van der Waals surface area contributed by atoms with Crippen LogP contribution in [0.15, 0.2) is 53.7 Å². The highest BCUT2D eigenvalue weighted by Crippen LogP contribution is 2.35. The van der Waals surface area contributed by atoms with E-state index < -0.39 is 22.9 Å². The molecule has 0 saturated heterocycles. The average Bonchev–Trinajstić information content (AvgIpc) is 3.19. The third-order valence-corrected chi connectivity index (χ3v) is 5.82. The number of nitrogens with one attached hydrogen (secondary N) is 1. The van der Waals surface area contributed by atoms with Crippen LogP contribution in [-0.4, -0.2) is 38.5 Å². The fourth-order valence-electron chi connectivity index (χ4n) is 2.79. The zero-order valence-corrected chi connectivity index (χ0v) is 17.7. The molecule has 31 heavy (non-hydrogen) atoms. The highest BCUT2D eigenvalue weighted by molar-refractivity contribution is 8.00. The molecular formula is C20H20F3N5O2S. The van der Waals surface area contributed by atoms with E-state index >= 15 is 0 Å². The predicted octanol–water partition coefficient (Wildman–Crippen LogP) is 4.45. The first-order chi connectivity index (χ1) is 14.7. The number of amides is 1. The van der Waals surface area contributed by atoms with Gasteiger partial charge in [0, 0.05) is 0 Å². The van der Waals surface area contributed by atoms with Gasteiger partial charge >= 0.3 is 6.18 Å². The van der Waals surface area contributed by atoms with Crippen LogP contribution in [0.2, 0.25) is 0 Å². The fraction of sp³-hybridized carbons (Fsp3) is 0.300. The number of hydrogen-bond donors (Lipinski definition) is 1. The van der Waals surface area contributed by atoms with E-state index in [2.05, 4.69) is 20.8 Å². The number of thioether (sulfide) groups is 1. The summed E-state index contributed by atoms with van der Waals surface area (Å²) in [5.41, 5.74) is -0.543. The molecule has 1 atom stereocenters. The lowest BCUT2D eigenvalue weighted by Crippen LogP contribution is -2.30. The third-order valence-electron chi connectivity index (χ3n) is 4.34. The van der Waals surface area contributed by atoms with Gasteiger partial charge in [-0.2, -0.15) is 17.9 Å². The van der Waals surface area contributed by atoms with Crippen LogP contribution >= 0.6 is 11.8 Å². The van der Waals surface area contributed by atoms with Crippen LogP contribution in [0.1, 0.15) is 19.4 Å². The van der Waals surface area contributed by atoms with Gasteiger partial charge in [0.05, 0.1) is 29.3 Å². The van der Waals surface area contributed by atoms with Crippen LogP contribution in [-0.2, 0) is 11.0 Å². The van der Waals surface area contributed by atoms with Gasteiger partial charge < -0.3 is 10.1 Å². The normalized spacial score (nSPS) is 12.6. The maximum atomic E-state index is 13.3. The molecule has 0 radical (unpaired) electrons. The fourth-order valence-corrected chi connectivity index (χ4v) is 3.78. The Bertz CT molecular complexity index is 1040. The van der Waals surface area contributed by atoms with Crippen LogP contribution in [0, 0.1) is 5.92 Å². The minimum absolute atomic E-state index is 0.205. The number of methoxy groups -OCH3 is 1. The Morgan fingerprint density at radius 3 is 2.42 bits per heavy atom. The number of benzene rings is 2. The van der Waals surface area contributed by atoms with Crippen molar-refractivity contribution in [2.75, 3.05) is 12.4 Å². The van der Waals surface area contributed by atoms with E-state index in [4.69, 9.17) is 4.74 Å². The number of para-hydroxylation sites is 1. The van der Waals surface area contributed by atoms with Crippen molar-refractivity contribution >= 4 is 23.4 Å². The van der Waals surface area contributed by atoms with E-state index in [0.29, 0.717) is 16.6 Å². The third kappa shape index (κ3) is 5.35. The highest BCUT2D eigenvalue weighted by Gasteiger charge is 2.35. The number of ether oxygens (including phenoxy) is 1. The van der Waals surface area contributed by atoms with Crippen LogP contribution in [0.4, 0.5) is 18.9 Å².